The van der Waals surface area contributed by atoms with Gasteiger partial charge in [0, 0.05) is 25.7 Å². The van der Waals surface area contributed by atoms with Crippen LogP contribution in [0.4, 0.5) is 4.79 Å². The molecule has 1 saturated heterocycles. The Kier molecular flexibility index (Phi) is 6.14. The molecule has 1 unspecified atom stereocenters. The Bertz CT molecular complexity index is 616. The van der Waals surface area contributed by atoms with Crippen molar-refractivity contribution >= 4 is 12.0 Å². The van der Waals surface area contributed by atoms with Crippen LogP contribution in [0.15, 0.2) is 30.3 Å². The van der Waals surface area contributed by atoms with E-state index in [1.54, 1.807) is 6.92 Å². The average molecular weight is 359 g/mol. The van der Waals surface area contributed by atoms with Crippen LogP contribution in [0, 0.1) is 5.92 Å². The summed E-state index contributed by atoms with van der Waals surface area (Å²) in [6, 6.07) is 9.55. The first-order valence-electron chi connectivity index (χ1n) is 9.56. The number of ether oxygens (including phenoxy) is 1. The highest BCUT2D eigenvalue weighted by Crippen LogP contribution is 2.30. The molecule has 2 amide bonds. The van der Waals surface area contributed by atoms with Crippen LogP contribution in [0.1, 0.15) is 38.2 Å². The molecule has 1 aromatic rings. The quantitative estimate of drug-likeness (QED) is 0.846. The van der Waals surface area contributed by atoms with Crippen LogP contribution in [0.2, 0.25) is 0 Å². The maximum atomic E-state index is 12.6. The number of amides is 2. The number of nitrogens with two attached hydrogens (primary N) is 1. The maximum Gasteiger partial charge on any atom is 0.410 e. The minimum atomic E-state index is -0.468. The third-order valence-corrected chi connectivity index (χ3v) is 5.10. The zero-order valence-corrected chi connectivity index (χ0v) is 15.5. The molecule has 26 heavy (non-hydrogen) atoms. The number of benzene rings is 1. The monoisotopic (exact) mass is 359 g/mol. The molecule has 0 spiro atoms. The minimum Gasteiger partial charge on any atom is -0.445 e. The van der Waals surface area contributed by atoms with E-state index in [1.807, 2.05) is 40.1 Å². The van der Waals surface area contributed by atoms with Crippen molar-refractivity contribution in [3.05, 3.63) is 35.9 Å². The molecular formula is C20H29N3O3. The predicted molar refractivity (Wildman–Crippen MR) is 99.3 cm³/mol. The molecule has 2 atom stereocenters. The van der Waals surface area contributed by atoms with Gasteiger partial charge in [0.05, 0.1) is 6.04 Å². The number of nitrogens with zero attached hydrogens (tertiary/aromatic N) is 2. The zero-order valence-electron chi connectivity index (χ0n) is 15.5. The fourth-order valence-electron chi connectivity index (χ4n) is 3.54. The molecule has 0 radical (unpaired) electrons. The Hall–Kier alpha value is -2.08. The van der Waals surface area contributed by atoms with Gasteiger partial charge >= 0.3 is 6.09 Å². The van der Waals surface area contributed by atoms with Crippen LogP contribution in [-0.2, 0) is 16.1 Å². The van der Waals surface area contributed by atoms with Crippen molar-refractivity contribution in [1.29, 1.82) is 0 Å². The first-order chi connectivity index (χ1) is 12.5. The summed E-state index contributed by atoms with van der Waals surface area (Å²) in [4.78, 5) is 28.5. The minimum absolute atomic E-state index is 0.000624. The molecule has 1 heterocycles. The molecule has 1 aliphatic heterocycles. The van der Waals surface area contributed by atoms with Gasteiger partial charge in [-0.3, -0.25) is 4.79 Å². The van der Waals surface area contributed by atoms with Gasteiger partial charge in [0.25, 0.3) is 0 Å². The smallest absolute Gasteiger partial charge is 0.410 e. The molecule has 2 N–H and O–H groups in total. The van der Waals surface area contributed by atoms with Gasteiger partial charge in [-0.25, -0.2) is 4.79 Å². The van der Waals surface area contributed by atoms with Gasteiger partial charge in [-0.1, -0.05) is 30.3 Å². The Morgan fingerprint density at radius 2 is 2.00 bits per heavy atom. The number of hydrogen-bond donors (Lipinski definition) is 1. The molecular weight excluding hydrogens is 330 g/mol. The van der Waals surface area contributed by atoms with Gasteiger partial charge in [0.1, 0.15) is 6.61 Å². The highest BCUT2D eigenvalue weighted by molar-refractivity contribution is 5.81. The van der Waals surface area contributed by atoms with E-state index in [0.717, 1.165) is 37.8 Å². The fourth-order valence-corrected chi connectivity index (χ4v) is 3.54. The van der Waals surface area contributed by atoms with E-state index in [4.69, 9.17) is 10.5 Å². The van der Waals surface area contributed by atoms with Crippen LogP contribution < -0.4 is 5.73 Å². The van der Waals surface area contributed by atoms with Crippen LogP contribution in [0.3, 0.4) is 0 Å². The third-order valence-electron chi connectivity index (χ3n) is 5.10. The van der Waals surface area contributed by atoms with Crippen molar-refractivity contribution in [2.45, 2.75) is 51.3 Å². The molecule has 0 aromatic heterocycles. The molecule has 3 rings (SSSR count). The van der Waals surface area contributed by atoms with Crippen molar-refractivity contribution in [2.24, 2.45) is 11.7 Å². The zero-order chi connectivity index (χ0) is 18.5. The lowest BCUT2D eigenvalue weighted by molar-refractivity contribution is -0.134. The summed E-state index contributed by atoms with van der Waals surface area (Å²) >= 11 is 0. The Morgan fingerprint density at radius 3 is 2.65 bits per heavy atom. The Morgan fingerprint density at radius 1 is 1.27 bits per heavy atom. The highest BCUT2D eigenvalue weighted by atomic mass is 16.6. The number of carbonyl (C=O) groups excluding carboxylic acids is 2. The number of carbonyl (C=O) groups is 2. The van der Waals surface area contributed by atoms with Gasteiger partial charge in [0.15, 0.2) is 0 Å². The van der Waals surface area contributed by atoms with Crippen molar-refractivity contribution < 1.29 is 14.3 Å². The van der Waals surface area contributed by atoms with Gasteiger partial charge < -0.3 is 20.3 Å². The van der Waals surface area contributed by atoms with Gasteiger partial charge in [0.2, 0.25) is 5.91 Å². The van der Waals surface area contributed by atoms with Crippen molar-refractivity contribution in [2.75, 3.05) is 19.6 Å². The van der Waals surface area contributed by atoms with E-state index in [2.05, 4.69) is 0 Å². The summed E-state index contributed by atoms with van der Waals surface area (Å²) in [5, 5.41) is 0. The van der Waals surface area contributed by atoms with Crippen molar-refractivity contribution in [3.63, 3.8) is 0 Å². The third kappa shape index (κ3) is 4.97. The van der Waals surface area contributed by atoms with Crippen LogP contribution >= 0.6 is 0 Å². The Labute approximate surface area is 155 Å². The second-order valence-electron chi connectivity index (χ2n) is 7.50. The lowest BCUT2D eigenvalue weighted by Crippen LogP contribution is -2.49. The van der Waals surface area contributed by atoms with Crippen LogP contribution in [0.5, 0.6) is 0 Å². The molecule has 1 saturated carbocycles. The van der Waals surface area contributed by atoms with Gasteiger partial charge in [-0.2, -0.15) is 0 Å². The van der Waals surface area contributed by atoms with E-state index in [1.165, 1.54) is 0 Å². The normalized spacial score (nSPS) is 21.2. The number of rotatable bonds is 6. The molecule has 1 aromatic carbocycles. The molecule has 142 valence electrons. The first-order valence-corrected chi connectivity index (χ1v) is 9.56. The summed E-state index contributed by atoms with van der Waals surface area (Å²) < 4.78 is 5.53. The average Bonchev–Trinajstić information content (AvgIpc) is 3.49. The first kappa shape index (κ1) is 18.7. The van der Waals surface area contributed by atoms with Crippen LogP contribution in [0.25, 0.3) is 0 Å². The highest BCUT2D eigenvalue weighted by Gasteiger charge is 2.36. The lowest BCUT2D eigenvalue weighted by Gasteiger charge is -2.36. The van der Waals surface area contributed by atoms with E-state index in [9.17, 15) is 9.59 Å². The molecule has 1 aliphatic carbocycles. The number of piperidine rings is 1. The molecule has 6 heteroatoms. The van der Waals surface area contributed by atoms with E-state index < -0.39 is 6.04 Å². The van der Waals surface area contributed by atoms with E-state index in [-0.39, 0.29) is 24.0 Å². The largest absolute Gasteiger partial charge is 0.445 e. The molecule has 0 bridgehead atoms. The summed E-state index contributed by atoms with van der Waals surface area (Å²) in [5.41, 5.74) is 6.73. The van der Waals surface area contributed by atoms with Crippen LogP contribution in [-0.4, -0.2) is 53.5 Å². The SMILES string of the molecule is C[C@H](N)C(=O)N1CCCC(CN(C(=O)OCc2ccccc2)C2CC2)C1. The second-order valence-corrected chi connectivity index (χ2v) is 7.50. The number of likely N-dealkylation sites (tertiary alicyclic amines) is 1. The molecule has 2 fully saturated rings. The van der Waals surface area contributed by atoms with Gasteiger partial charge in [-0.15, -0.1) is 0 Å². The van der Waals surface area contributed by atoms with E-state index in [0.29, 0.717) is 19.7 Å². The topological polar surface area (TPSA) is 75.9 Å². The molecule has 2 aliphatic rings. The summed E-state index contributed by atoms with van der Waals surface area (Å²) in [5.74, 6) is 0.288. The lowest BCUT2D eigenvalue weighted by atomic mass is 9.97. The van der Waals surface area contributed by atoms with Crippen molar-refractivity contribution in [3.8, 4) is 0 Å². The summed E-state index contributed by atoms with van der Waals surface area (Å²) in [7, 11) is 0. The van der Waals surface area contributed by atoms with Crippen molar-refractivity contribution in [1.82, 2.24) is 9.80 Å². The van der Waals surface area contributed by atoms with E-state index >= 15 is 0 Å². The summed E-state index contributed by atoms with van der Waals surface area (Å²) in [6.07, 6.45) is 3.82. The summed E-state index contributed by atoms with van der Waals surface area (Å²) in [6.45, 7) is 4.11. The second kappa shape index (κ2) is 8.54. The maximum absolute atomic E-state index is 12.6. The fraction of sp³-hybridized carbons (Fsp3) is 0.600. The Balaban J connectivity index is 1.54. The number of hydrogen-bond acceptors (Lipinski definition) is 4. The van der Waals surface area contributed by atoms with Gasteiger partial charge in [-0.05, 0) is 44.1 Å². The predicted octanol–water partition coefficient (Wildman–Crippen LogP) is 2.37. The standard InChI is InChI=1S/C20H29N3O3/c1-15(21)19(24)22-11-5-8-17(12-22)13-23(18-9-10-18)20(25)26-14-16-6-3-2-4-7-16/h2-4,6-7,15,17-18H,5,8-14,21H2,1H3/t15-,17?/m0/s1. The molecule has 6 nitrogen and oxygen atoms in total.